The molecule has 1 amide bonds. The Morgan fingerprint density at radius 3 is 2.94 bits per heavy atom. The highest BCUT2D eigenvalue weighted by atomic mass is 32.2. The Balaban J connectivity index is 1.83. The number of furan rings is 1. The van der Waals surface area contributed by atoms with Gasteiger partial charge in [-0.2, -0.15) is 0 Å². The summed E-state index contributed by atoms with van der Waals surface area (Å²) in [5, 5.41) is 2.70. The van der Waals surface area contributed by atoms with Gasteiger partial charge in [-0.1, -0.05) is 0 Å². The minimum Gasteiger partial charge on any atom is -0.472 e. The van der Waals surface area contributed by atoms with Crippen LogP contribution in [0.15, 0.2) is 23.0 Å². The van der Waals surface area contributed by atoms with E-state index in [4.69, 9.17) is 4.42 Å². The number of amides is 1. The summed E-state index contributed by atoms with van der Waals surface area (Å²) in [5.41, 5.74) is 0.459. The van der Waals surface area contributed by atoms with Crippen LogP contribution in [0, 0.1) is 5.92 Å². The van der Waals surface area contributed by atoms with Gasteiger partial charge in [0.05, 0.1) is 23.3 Å². The monoisotopic (exact) mass is 243 g/mol. The third kappa shape index (κ3) is 2.63. The first-order valence-corrected chi connectivity index (χ1v) is 6.90. The maximum Gasteiger partial charge on any atom is 0.254 e. The molecule has 1 aliphatic rings. The van der Waals surface area contributed by atoms with Crippen molar-refractivity contribution in [3.8, 4) is 0 Å². The van der Waals surface area contributed by atoms with Gasteiger partial charge < -0.3 is 9.73 Å². The lowest BCUT2D eigenvalue weighted by atomic mass is 10.1. The van der Waals surface area contributed by atoms with Crippen LogP contribution in [0.3, 0.4) is 0 Å². The fourth-order valence-corrected chi connectivity index (χ4v) is 3.63. The molecule has 1 aromatic rings. The fourth-order valence-electron chi connectivity index (χ4n) is 1.77. The van der Waals surface area contributed by atoms with E-state index in [1.807, 2.05) is 0 Å². The third-order valence-corrected chi connectivity index (χ3v) is 4.50. The van der Waals surface area contributed by atoms with Crippen molar-refractivity contribution in [3.05, 3.63) is 24.2 Å². The van der Waals surface area contributed by atoms with Gasteiger partial charge in [-0.3, -0.25) is 4.79 Å². The molecule has 16 heavy (non-hydrogen) atoms. The lowest BCUT2D eigenvalue weighted by Gasteiger charge is -2.08. The van der Waals surface area contributed by atoms with Crippen molar-refractivity contribution in [2.45, 2.75) is 6.42 Å². The molecule has 1 fully saturated rings. The second-order valence-corrected chi connectivity index (χ2v) is 6.22. The fraction of sp³-hybridized carbons (Fsp3) is 0.500. The standard InChI is InChI=1S/C10H13NO4S/c12-10(9-1-3-15-6-9)11-5-8-2-4-16(13,14)7-8/h1,3,6,8H,2,4-5,7H2,(H,11,12). The topological polar surface area (TPSA) is 76.4 Å². The minimum atomic E-state index is -2.87. The average Bonchev–Trinajstić information content (AvgIpc) is 2.83. The summed E-state index contributed by atoms with van der Waals surface area (Å²) in [7, 11) is -2.87. The van der Waals surface area contributed by atoms with Crippen LogP contribution in [0.1, 0.15) is 16.8 Å². The lowest BCUT2D eigenvalue weighted by Crippen LogP contribution is -2.29. The van der Waals surface area contributed by atoms with Gasteiger partial charge in [-0.05, 0) is 18.4 Å². The van der Waals surface area contributed by atoms with Crippen LogP contribution in [0.4, 0.5) is 0 Å². The molecular weight excluding hydrogens is 230 g/mol. The third-order valence-electron chi connectivity index (χ3n) is 2.66. The second-order valence-electron chi connectivity index (χ2n) is 3.99. The smallest absolute Gasteiger partial charge is 0.254 e. The molecule has 1 unspecified atom stereocenters. The normalized spacial score (nSPS) is 23.1. The van der Waals surface area contributed by atoms with E-state index in [0.717, 1.165) is 0 Å². The molecule has 1 aromatic heterocycles. The summed E-state index contributed by atoms with van der Waals surface area (Å²) in [4.78, 5) is 11.5. The van der Waals surface area contributed by atoms with Crippen molar-refractivity contribution < 1.29 is 17.6 Å². The van der Waals surface area contributed by atoms with Crippen molar-refractivity contribution in [3.63, 3.8) is 0 Å². The summed E-state index contributed by atoms with van der Waals surface area (Å²) in [6.45, 7) is 0.406. The van der Waals surface area contributed by atoms with Gasteiger partial charge in [-0.25, -0.2) is 8.42 Å². The zero-order valence-corrected chi connectivity index (χ0v) is 9.50. The van der Waals surface area contributed by atoms with Crippen molar-refractivity contribution >= 4 is 15.7 Å². The van der Waals surface area contributed by atoms with Gasteiger partial charge >= 0.3 is 0 Å². The van der Waals surface area contributed by atoms with Crippen LogP contribution >= 0.6 is 0 Å². The first-order chi connectivity index (χ1) is 7.57. The molecular formula is C10H13NO4S. The molecule has 0 spiro atoms. The Labute approximate surface area is 93.7 Å². The van der Waals surface area contributed by atoms with Crippen LogP contribution in [0.2, 0.25) is 0 Å². The number of rotatable bonds is 3. The second kappa shape index (κ2) is 4.29. The first-order valence-electron chi connectivity index (χ1n) is 5.08. The van der Waals surface area contributed by atoms with Crippen LogP contribution in [0.25, 0.3) is 0 Å². The molecule has 5 nitrogen and oxygen atoms in total. The van der Waals surface area contributed by atoms with Gasteiger partial charge in [0.25, 0.3) is 5.91 Å². The molecule has 2 heterocycles. The van der Waals surface area contributed by atoms with Crippen LogP contribution in [-0.4, -0.2) is 32.4 Å². The number of hydrogen-bond acceptors (Lipinski definition) is 4. The summed E-state index contributed by atoms with van der Waals surface area (Å²) in [5.74, 6) is 0.233. The van der Waals surface area contributed by atoms with E-state index in [-0.39, 0.29) is 23.3 Å². The minimum absolute atomic E-state index is 0.0425. The highest BCUT2D eigenvalue weighted by Gasteiger charge is 2.27. The molecule has 0 radical (unpaired) electrons. The van der Waals surface area contributed by atoms with Gasteiger partial charge in [0, 0.05) is 6.54 Å². The number of carbonyl (C=O) groups is 1. The Kier molecular flexibility index (Phi) is 3.00. The van der Waals surface area contributed by atoms with Crippen molar-refractivity contribution in [1.29, 1.82) is 0 Å². The summed E-state index contributed by atoms with van der Waals surface area (Å²) < 4.78 is 27.2. The van der Waals surface area contributed by atoms with Gasteiger partial charge in [-0.15, -0.1) is 0 Å². The van der Waals surface area contributed by atoms with Crippen LogP contribution in [-0.2, 0) is 9.84 Å². The van der Waals surface area contributed by atoms with E-state index in [1.165, 1.54) is 12.5 Å². The van der Waals surface area contributed by atoms with Crippen molar-refractivity contribution in [2.75, 3.05) is 18.1 Å². The maximum absolute atomic E-state index is 11.5. The zero-order chi connectivity index (χ0) is 11.6. The van der Waals surface area contributed by atoms with Crippen LogP contribution in [0.5, 0.6) is 0 Å². The van der Waals surface area contributed by atoms with E-state index in [9.17, 15) is 13.2 Å². The van der Waals surface area contributed by atoms with E-state index in [0.29, 0.717) is 18.5 Å². The molecule has 0 aromatic carbocycles. The highest BCUT2D eigenvalue weighted by Crippen LogP contribution is 2.17. The maximum atomic E-state index is 11.5. The average molecular weight is 243 g/mol. The van der Waals surface area contributed by atoms with Gasteiger partial charge in [0.1, 0.15) is 6.26 Å². The Morgan fingerprint density at radius 2 is 2.38 bits per heavy atom. The molecule has 2 rings (SSSR count). The SMILES string of the molecule is O=C(NCC1CCS(=O)(=O)C1)c1ccoc1. The molecule has 6 heteroatoms. The zero-order valence-electron chi connectivity index (χ0n) is 8.68. The van der Waals surface area contributed by atoms with Crippen molar-refractivity contribution in [2.24, 2.45) is 5.92 Å². The van der Waals surface area contributed by atoms with E-state index in [1.54, 1.807) is 6.07 Å². The largest absolute Gasteiger partial charge is 0.472 e. The Bertz CT molecular complexity index is 463. The predicted molar refractivity (Wildman–Crippen MR) is 57.8 cm³/mol. The van der Waals surface area contributed by atoms with Gasteiger partial charge in [0.2, 0.25) is 0 Å². The first kappa shape index (κ1) is 11.2. The predicted octanol–water partition coefficient (Wildman–Crippen LogP) is 0.444. The van der Waals surface area contributed by atoms with Crippen LogP contribution < -0.4 is 5.32 Å². The van der Waals surface area contributed by atoms with E-state index >= 15 is 0 Å². The number of carbonyl (C=O) groups excluding carboxylic acids is 1. The molecule has 1 aliphatic heterocycles. The van der Waals surface area contributed by atoms with Gasteiger partial charge in [0.15, 0.2) is 9.84 Å². The molecule has 0 saturated carbocycles. The highest BCUT2D eigenvalue weighted by molar-refractivity contribution is 7.91. The molecule has 1 atom stereocenters. The van der Waals surface area contributed by atoms with Crippen molar-refractivity contribution in [1.82, 2.24) is 5.32 Å². The molecule has 0 aliphatic carbocycles. The number of nitrogens with one attached hydrogen (secondary N) is 1. The number of hydrogen-bond donors (Lipinski definition) is 1. The van der Waals surface area contributed by atoms with E-state index < -0.39 is 9.84 Å². The summed E-state index contributed by atoms with van der Waals surface area (Å²) in [6, 6.07) is 1.57. The number of sulfone groups is 1. The van der Waals surface area contributed by atoms with E-state index in [2.05, 4.69) is 5.32 Å². The molecule has 88 valence electrons. The Morgan fingerprint density at radius 1 is 1.56 bits per heavy atom. The molecule has 1 saturated heterocycles. The molecule has 0 bridgehead atoms. The summed E-state index contributed by atoms with van der Waals surface area (Å²) in [6.07, 6.45) is 3.42. The quantitative estimate of drug-likeness (QED) is 0.836. The Hall–Kier alpha value is -1.30. The lowest BCUT2D eigenvalue weighted by molar-refractivity contribution is 0.0948. The molecule has 1 N–H and O–H groups in total. The summed E-state index contributed by atoms with van der Waals surface area (Å²) >= 11 is 0.